The van der Waals surface area contributed by atoms with Gasteiger partial charge in [-0.25, -0.2) is 0 Å². The highest BCUT2D eigenvalue weighted by atomic mass is 35.5. The Bertz CT molecular complexity index is 489. The number of halogens is 1. The number of nitrogens with one attached hydrogen (secondary N) is 1. The normalized spacial score (nSPS) is 18.2. The molecule has 1 aliphatic rings. The number of guanidine groups is 1. The van der Waals surface area contributed by atoms with Crippen molar-refractivity contribution in [3.63, 3.8) is 0 Å². The van der Waals surface area contributed by atoms with Gasteiger partial charge in [0.1, 0.15) is 0 Å². The van der Waals surface area contributed by atoms with Crippen LogP contribution in [0.15, 0.2) is 29.3 Å². The van der Waals surface area contributed by atoms with Crippen molar-refractivity contribution in [3.8, 4) is 0 Å². The second-order valence-corrected chi connectivity index (χ2v) is 5.81. The van der Waals surface area contributed by atoms with Crippen molar-refractivity contribution in [1.29, 1.82) is 0 Å². The SMILES string of the molecule is CCCNC(N)=NCC(c1cccc(Cl)c1)N1CCOCC1. The van der Waals surface area contributed by atoms with Crippen LogP contribution in [-0.4, -0.2) is 50.3 Å². The quantitative estimate of drug-likeness (QED) is 0.621. The molecule has 3 N–H and O–H groups in total. The second-order valence-electron chi connectivity index (χ2n) is 5.37. The van der Waals surface area contributed by atoms with Gasteiger partial charge in [-0.15, -0.1) is 0 Å². The van der Waals surface area contributed by atoms with Crippen LogP contribution in [0.1, 0.15) is 24.9 Å². The minimum Gasteiger partial charge on any atom is -0.379 e. The van der Waals surface area contributed by atoms with Crippen LogP contribution >= 0.6 is 11.6 Å². The van der Waals surface area contributed by atoms with Gasteiger partial charge in [0, 0.05) is 24.7 Å². The summed E-state index contributed by atoms with van der Waals surface area (Å²) in [4.78, 5) is 6.88. The van der Waals surface area contributed by atoms with Crippen LogP contribution < -0.4 is 11.1 Å². The Morgan fingerprint density at radius 3 is 2.91 bits per heavy atom. The summed E-state index contributed by atoms with van der Waals surface area (Å²) < 4.78 is 5.45. The van der Waals surface area contributed by atoms with E-state index in [1.54, 1.807) is 0 Å². The van der Waals surface area contributed by atoms with E-state index in [1.165, 1.54) is 5.56 Å². The van der Waals surface area contributed by atoms with Gasteiger partial charge in [0.25, 0.3) is 0 Å². The van der Waals surface area contributed by atoms with Crippen LogP contribution in [0, 0.1) is 0 Å². The first kappa shape index (κ1) is 17.1. The summed E-state index contributed by atoms with van der Waals surface area (Å²) in [5, 5.41) is 3.86. The number of hydrogen-bond acceptors (Lipinski definition) is 3. The summed E-state index contributed by atoms with van der Waals surface area (Å²) in [6.07, 6.45) is 1.03. The fraction of sp³-hybridized carbons (Fsp3) is 0.562. The van der Waals surface area contributed by atoms with Gasteiger partial charge >= 0.3 is 0 Å². The van der Waals surface area contributed by atoms with E-state index in [0.29, 0.717) is 12.5 Å². The fourth-order valence-electron chi connectivity index (χ4n) is 2.53. The van der Waals surface area contributed by atoms with Crippen molar-refractivity contribution >= 4 is 17.6 Å². The molecule has 1 aromatic rings. The lowest BCUT2D eigenvalue weighted by Gasteiger charge is -2.34. The Hall–Kier alpha value is -1.30. The molecule has 0 aromatic heterocycles. The van der Waals surface area contributed by atoms with Gasteiger partial charge in [-0.3, -0.25) is 9.89 Å². The highest BCUT2D eigenvalue weighted by Gasteiger charge is 2.22. The molecule has 1 heterocycles. The minimum absolute atomic E-state index is 0.171. The maximum Gasteiger partial charge on any atom is 0.188 e. The highest BCUT2D eigenvalue weighted by Crippen LogP contribution is 2.24. The Morgan fingerprint density at radius 2 is 2.23 bits per heavy atom. The number of rotatable bonds is 6. The number of hydrogen-bond donors (Lipinski definition) is 2. The van der Waals surface area contributed by atoms with Crippen LogP contribution in [0.25, 0.3) is 0 Å². The monoisotopic (exact) mass is 324 g/mol. The van der Waals surface area contributed by atoms with Crippen LogP contribution in [0.2, 0.25) is 5.02 Å². The molecule has 1 fully saturated rings. The highest BCUT2D eigenvalue weighted by molar-refractivity contribution is 6.30. The molecule has 0 amide bonds. The molecule has 1 unspecified atom stereocenters. The van der Waals surface area contributed by atoms with E-state index in [0.717, 1.165) is 44.3 Å². The number of aliphatic imine (C=N–C) groups is 1. The predicted molar refractivity (Wildman–Crippen MR) is 91.4 cm³/mol. The average Bonchev–Trinajstić information content (AvgIpc) is 2.54. The Balaban J connectivity index is 2.10. The lowest BCUT2D eigenvalue weighted by molar-refractivity contribution is 0.0180. The molecule has 0 saturated carbocycles. The van der Waals surface area contributed by atoms with E-state index in [-0.39, 0.29) is 6.04 Å². The van der Waals surface area contributed by atoms with Crippen LogP contribution in [-0.2, 0) is 4.74 Å². The van der Waals surface area contributed by atoms with Gasteiger partial charge in [-0.1, -0.05) is 30.7 Å². The van der Waals surface area contributed by atoms with Crippen LogP contribution in [0.3, 0.4) is 0 Å². The molecule has 1 aromatic carbocycles. The summed E-state index contributed by atoms with van der Waals surface area (Å²) in [6, 6.07) is 8.14. The molecule has 1 atom stereocenters. The molecule has 1 saturated heterocycles. The first-order valence-electron chi connectivity index (χ1n) is 7.81. The van der Waals surface area contributed by atoms with Gasteiger partial charge in [0.2, 0.25) is 0 Å². The van der Waals surface area contributed by atoms with Crippen molar-refractivity contribution < 1.29 is 4.74 Å². The first-order valence-corrected chi connectivity index (χ1v) is 8.19. The number of morpholine rings is 1. The lowest BCUT2D eigenvalue weighted by atomic mass is 10.0. The molecule has 22 heavy (non-hydrogen) atoms. The first-order chi connectivity index (χ1) is 10.7. The minimum atomic E-state index is 0.171. The third kappa shape index (κ3) is 5.16. The third-order valence-electron chi connectivity index (χ3n) is 3.71. The van der Waals surface area contributed by atoms with E-state index in [1.807, 2.05) is 18.2 Å². The van der Waals surface area contributed by atoms with Gasteiger partial charge < -0.3 is 15.8 Å². The van der Waals surface area contributed by atoms with Crippen molar-refractivity contribution in [3.05, 3.63) is 34.9 Å². The third-order valence-corrected chi connectivity index (χ3v) is 3.95. The number of nitrogens with two attached hydrogens (primary N) is 1. The van der Waals surface area contributed by atoms with Crippen molar-refractivity contribution in [2.75, 3.05) is 39.4 Å². The molecule has 1 aliphatic heterocycles. The molecule has 0 radical (unpaired) electrons. The van der Waals surface area contributed by atoms with Gasteiger partial charge in [-0.05, 0) is 24.1 Å². The fourth-order valence-corrected chi connectivity index (χ4v) is 2.73. The Morgan fingerprint density at radius 1 is 1.45 bits per heavy atom. The zero-order valence-corrected chi connectivity index (χ0v) is 13.9. The van der Waals surface area contributed by atoms with Gasteiger partial charge in [0.15, 0.2) is 5.96 Å². The molecular formula is C16H25ClN4O. The molecule has 0 bridgehead atoms. The summed E-state index contributed by atoms with van der Waals surface area (Å²) in [5.74, 6) is 0.502. The number of benzene rings is 1. The molecule has 6 heteroatoms. The second kappa shape index (κ2) is 8.98. The average molecular weight is 325 g/mol. The lowest BCUT2D eigenvalue weighted by Crippen LogP contribution is -2.41. The van der Waals surface area contributed by atoms with Crippen molar-refractivity contribution in [2.24, 2.45) is 10.7 Å². The van der Waals surface area contributed by atoms with E-state index >= 15 is 0 Å². The van der Waals surface area contributed by atoms with Crippen molar-refractivity contribution in [2.45, 2.75) is 19.4 Å². The largest absolute Gasteiger partial charge is 0.379 e. The van der Waals surface area contributed by atoms with E-state index in [2.05, 4.69) is 28.2 Å². The molecular weight excluding hydrogens is 300 g/mol. The van der Waals surface area contributed by atoms with Gasteiger partial charge in [-0.2, -0.15) is 0 Å². The summed E-state index contributed by atoms with van der Waals surface area (Å²) in [7, 11) is 0. The molecule has 0 aliphatic carbocycles. The van der Waals surface area contributed by atoms with E-state index < -0.39 is 0 Å². The summed E-state index contributed by atoms with van der Waals surface area (Å²) >= 11 is 6.14. The Kier molecular flexibility index (Phi) is 6.96. The molecule has 5 nitrogen and oxygen atoms in total. The molecule has 2 rings (SSSR count). The summed E-state index contributed by atoms with van der Waals surface area (Å²) in [6.45, 7) is 6.86. The molecule has 0 spiro atoms. The van der Waals surface area contributed by atoms with E-state index in [9.17, 15) is 0 Å². The maximum atomic E-state index is 6.14. The Labute approximate surface area is 137 Å². The zero-order valence-electron chi connectivity index (χ0n) is 13.1. The molecule has 122 valence electrons. The summed E-state index contributed by atoms with van der Waals surface area (Å²) in [5.41, 5.74) is 7.08. The van der Waals surface area contributed by atoms with E-state index in [4.69, 9.17) is 22.1 Å². The van der Waals surface area contributed by atoms with Crippen molar-refractivity contribution in [1.82, 2.24) is 10.2 Å². The maximum absolute atomic E-state index is 6.14. The van der Waals surface area contributed by atoms with Crippen LogP contribution in [0.4, 0.5) is 0 Å². The smallest absolute Gasteiger partial charge is 0.188 e. The van der Waals surface area contributed by atoms with Crippen LogP contribution in [0.5, 0.6) is 0 Å². The standard InChI is InChI=1S/C16H25ClN4O/c1-2-6-19-16(18)20-12-15(21-7-9-22-10-8-21)13-4-3-5-14(17)11-13/h3-5,11,15H,2,6-10,12H2,1H3,(H3,18,19,20). The predicted octanol–water partition coefficient (Wildman–Crippen LogP) is 2.03. The number of ether oxygens (including phenoxy) is 1. The topological polar surface area (TPSA) is 62.9 Å². The number of nitrogens with zero attached hydrogens (tertiary/aromatic N) is 2. The van der Waals surface area contributed by atoms with Gasteiger partial charge in [0.05, 0.1) is 25.8 Å². The zero-order chi connectivity index (χ0) is 15.8.